The first-order valence-electron chi connectivity index (χ1n) is 12.4. The topological polar surface area (TPSA) is 105 Å². The highest BCUT2D eigenvalue weighted by molar-refractivity contribution is 5.98. The number of aliphatic carboxylic acids is 1. The highest BCUT2D eigenvalue weighted by Gasteiger charge is 2.31. The van der Waals surface area contributed by atoms with Gasteiger partial charge >= 0.3 is 11.7 Å². The number of rotatable bonds is 7. The monoisotopic (exact) mass is 477 g/mol. The average molecular weight is 478 g/mol. The van der Waals surface area contributed by atoms with Gasteiger partial charge < -0.3 is 15.1 Å². The van der Waals surface area contributed by atoms with Crippen molar-refractivity contribution in [3.63, 3.8) is 0 Å². The molecule has 1 fully saturated rings. The van der Waals surface area contributed by atoms with E-state index in [2.05, 4.69) is 30.4 Å². The van der Waals surface area contributed by atoms with Crippen molar-refractivity contribution < 1.29 is 19.8 Å². The minimum Gasteiger partial charge on any atom is -0.481 e. The zero-order valence-corrected chi connectivity index (χ0v) is 19.7. The summed E-state index contributed by atoms with van der Waals surface area (Å²) in [7, 11) is 0. The number of hydrogen-bond acceptors (Lipinski definition) is 4. The second-order valence-electron chi connectivity index (χ2n) is 9.70. The highest BCUT2D eigenvalue weighted by Crippen LogP contribution is 2.36. The lowest BCUT2D eigenvalue weighted by Gasteiger charge is -2.31. The van der Waals surface area contributed by atoms with Crippen LogP contribution in [0.3, 0.4) is 0 Å². The molecule has 35 heavy (non-hydrogen) atoms. The van der Waals surface area contributed by atoms with E-state index in [9.17, 15) is 24.6 Å². The van der Waals surface area contributed by atoms with Crippen molar-refractivity contribution in [2.75, 3.05) is 13.2 Å². The third-order valence-corrected chi connectivity index (χ3v) is 7.64. The maximum Gasteiger partial charge on any atom is 0.329 e. The molecule has 2 heterocycles. The molecule has 5 rings (SSSR count). The van der Waals surface area contributed by atoms with Crippen molar-refractivity contribution in [2.45, 2.75) is 51.2 Å². The molecule has 2 N–H and O–H groups in total. The second kappa shape index (κ2) is 9.70. The molecule has 2 aliphatic carbocycles. The minimum absolute atomic E-state index is 0.0418. The number of benzene rings is 1. The molecule has 1 aliphatic heterocycles. The van der Waals surface area contributed by atoms with Gasteiger partial charge in [-0.2, -0.15) is 0 Å². The van der Waals surface area contributed by atoms with Gasteiger partial charge in [0, 0.05) is 25.2 Å². The molecule has 1 aromatic carbocycles. The van der Waals surface area contributed by atoms with Crippen molar-refractivity contribution in [2.24, 2.45) is 11.8 Å². The molecule has 8 heteroatoms. The number of carboxylic acid groups (broad SMARTS) is 1. The minimum atomic E-state index is -0.978. The van der Waals surface area contributed by atoms with Crippen LogP contribution >= 0.6 is 0 Å². The van der Waals surface area contributed by atoms with Gasteiger partial charge in [0.2, 0.25) is 0 Å². The molecule has 0 saturated carbocycles. The number of amides is 1. The number of nitrogens with zero attached hydrogens (tertiary/aromatic N) is 3. The highest BCUT2D eigenvalue weighted by atomic mass is 16.4. The molecule has 8 nitrogen and oxygen atoms in total. The molecular weight excluding hydrogens is 446 g/mol. The Morgan fingerprint density at radius 2 is 1.94 bits per heavy atom. The Bertz CT molecular complexity index is 1300. The first kappa shape index (κ1) is 23.4. The fourth-order valence-corrected chi connectivity index (χ4v) is 5.80. The van der Waals surface area contributed by atoms with E-state index in [-0.39, 0.29) is 43.1 Å². The number of aliphatic hydroxyl groups excluding tert-OH is 1. The zero-order chi connectivity index (χ0) is 24.5. The number of carboxylic acids is 1. The first-order valence-corrected chi connectivity index (χ1v) is 12.4. The number of aryl methyl sites for hydroxylation is 1. The van der Waals surface area contributed by atoms with Gasteiger partial charge in [-0.25, -0.2) is 4.79 Å². The van der Waals surface area contributed by atoms with E-state index in [0.717, 1.165) is 25.7 Å². The van der Waals surface area contributed by atoms with E-state index in [1.165, 1.54) is 10.1 Å². The maximum atomic E-state index is 13.5. The SMILES string of the molecule is O=C(O)CCn1c(=O)n(CC2CC=CC3=CC=CCC32)c2ccc(C(=O)N3CCC[C@H]3CO)cc21. The summed E-state index contributed by atoms with van der Waals surface area (Å²) in [6.07, 6.45) is 13.9. The van der Waals surface area contributed by atoms with Gasteiger partial charge in [-0.05, 0) is 61.3 Å². The van der Waals surface area contributed by atoms with Crippen LogP contribution in [0.5, 0.6) is 0 Å². The molecule has 1 amide bonds. The maximum absolute atomic E-state index is 13.5. The van der Waals surface area contributed by atoms with Crippen LogP contribution in [-0.4, -0.2) is 55.3 Å². The molecule has 1 saturated heterocycles. The second-order valence-corrected chi connectivity index (χ2v) is 9.70. The van der Waals surface area contributed by atoms with Crippen LogP contribution in [0, 0.1) is 11.8 Å². The van der Waals surface area contributed by atoms with Gasteiger partial charge in [0.1, 0.15) is 0 Å². The summed E-state index contributed by atoms with van der Waals surface area (Å²) < 4.78 is 3.24. The third-order valence-electron chi connectivity index (χ3n) is 7.64. The van der Waals surface area contributed by atoms with Crippen LogP contribution in [0.4, 0.5) is 0 Å². The smallest absolute Gasteiger partial charge is 0.329 e. The Labute approximate surface area is 203 Å². The van der Waals surface area contributed by atoms with E-state index in [4.69, 9.17) is 0 Å². The number of hydrogen-bond donors (Lipinski definition) is 2. The van der Waals surface area contributed by atoms with E-state index < -0.39 is 5.97 Å². The van der Waals surface area contributed by atoms with Crippen LogP contribution in [-0.2, 0) is 17.9 Å². The van der Waals surface area contributed by atoms with Gasteiger partial charge in [-0.1, -0.05) is 30.4 Å². The number of fused-ring (bicyclic) bond motifs is 2. The lowest BCUT2D eigenvalue weighted by molar-refractivity contribution is -0.137. The van der Waals surface area contributed by atoms with Crippen molar-refractivity contribution in [1.82, 2.24) is 14.0 Å². The van der Waals surface area contributed by atoms with Gasteiger partial charge in [0.15, 0.2) is 0 Å². The molecule has 2 aromatic rings. The van der Waals surface area contributed by atoms with Crippen LogP contribution in [0.2, 0.25) is 0 Å². The summed E-state index contributed by atoms with van der Waals surface area (Å²) in [5, 5.41) is 18.9. The number of aromatic nitrogens is 2. The molecule has 0 spiro atoms. The van der Waals surface area contributed by atoms with E-state index in [0.29, 0.717) is 35.6 Å². The van der Waals surface area contributed by atoms with Gasteiger partial charge in [0.05, 0.1) is 30.1 Å². The average Bonchev–Trinajstić information content (AvgIpc) is 3.45. The molecular formula is C27H31N3O5. The molecule has 3 aliphatic rings. The van der Waals surface area contributed by atoms with Crippen LogP contribution in [0.1, 0.15) is 42.5 Å². The number of allylic oxidation sites excluding steroid dienone is 6. The van der Waals surface area contributed by atoms with Crippen LogP contribution in [0.15, 0.2) is 58.9 Å². The van der Waals surface area contributed by atoms with Crippen molar-refractivity contribution in [1.29, 1.82) is 0 Å². The van der Waals surface area contributed by atoms with E-state index in [1.54, 1.807) is 27.7 Å². The van der Waals surface area contributed by atoms with Crippen molar-refractivity contribution in [3.05, 3.63) is 70.2 Å². The lowest BCUT2D eigenvalue weighted by Crippen LogP contribution is -2.37. The van der Waals surface area contributed by atoms with Crippen molar-refractivity contribution in [3.8, 4) is 0 Å². The Kier molecular flexibility index (Phi) is 6.47. The number of aliphatic hydroxyl groups is 1. The summed E-state index contributed by atoms with van der Waals surface area (Å²) >= 11 is 0. The summed E-state index contributed by atoms with van der Waals surface area (Å²) in [6.45, 7) is 1.09. The number of carbonyl (C=O) groups excluding carboxylic acids is 1. The number of imidazole rings is 1. The van der Waals surface area contributed by atoms with Gasteiger partial charge in [0.25, 0.3) is 5.91 Å². The number of carbonyl (C=O) groups is 2. The van der Waals surface area contributed by atoms with E-state index >= 15 is 0 Å². The predicted molar refractivity (Wildman–Crippen MR) is 132 cm³/mol. The Balaban J connectivity index is 1.52. The first-order chi connectivity index (χ1) is 17.0. The van der Waals surface area contributed by atoms with Crippen LogP contribution < -0.4 is 5.69 Å². The fraction of sp³-hybridized carbons (Fsp3) is 0.444. The molecule has 0 radical (unpaired) electrons. The van der Waals surface area contributed by atoms with Crippen molar-refractivity contribution >= 4 is 22.9 Å². The summed E-state index contributed by atoms with van der Waals surface area (Å²) in [5.74, 6) is -0.548. The quantitative estimate of drug-likeness (QED) is 0.638. The van der Waals surface area contributed by atoms with Crippen LogP contribution in [0.25, 0.3) is 11.0 Å². The summed E-state index contributed by atoms with van der Waals surface area (Å²) in [4.78, 5) is 39.7. The van der Waals surface area contributed by atoms with Gasteiger partial charge in [-0.15, -0.1) is 0 Å². The lowest BCUT2D eigenvalue weighted by atomic mass is 9.76. The predicted octanol–water partition coefficient (Wildman–Crippen LogP) is 2.95. The normalized spacial score (nSPS) is 23.5. The Morgan fingerprint density at radius 3 is 2.74 bits per heavy atom. The fourth-order valence-electron chi connectivity index (χ4n) is 5.80. The third kappa shape index (κ3) is 4.38. The standard InChI is InChI=1S/C27H31N3O5/c31-17-21-8-4-13-28(21)26(34)19-10-11-23-24(15-19)29(14-12-25(32)33)27(35)30(23)16-20-7-3-6-18-5-1-2-9-22(18)20/h1-3,5-6,10-11,15,20-22,31H,4,7-9,12-14,16-17H2,(H,32,33)/t20?,21-,22?/m0/s1. The Morgan fingerprint density at radius 1 is 1.09 bits per heavy atom. The zero-order valence-electron chi connectivity index (χ0n) is 19.7. The summed E-state index contributed by atoms with van der Waals surface area (Å²) in [5.41, 5.74) is 2.77. The Hall–Kier alpha value is -3.39. The number of likely N-dealkylation sites (tertiary alicyclic amines) is 1. The molecule has 2 unspecified atom stereocenters. The summed E-state index contributed by atoms with van der Waals surface area (Å²) in [6, 6.07) is 5.06. The molecule has 184 valence electrons. The molecule has 3 atom stereocenters. The largest absolute Gasteiger partial charge is 0.481 e. The molecule has 1 aromatic heterocycles. The molecule has 0 bridgehead atoms. The van der Waals surface area contributed by atoms with Gasteiger partial charge in [-0.3, -0.25) is 18.7 Å². The van der Waals surface area contributed by atoms with E-state index in [1.807, 2.05) is 0 Å².